The summed E-state index contributed by atoms with van der Waals surface area (Å²) in [5, 5.41) is 8.98. The predicted octanol–water partition coefficient (Wildman–Crippen LogP) is 7.75. The first kappa shape index (κ1) is 48.7. The molecule has 0 spiro atoms. The van der Waals surface area contributed by atoms with Crippen LogP contribution in [0.25, 0.3) is 22.4 Å². The van der Waals surface area contributed by atoms with Gasteiger partial charge in [0, 0.05) is 61.6 Å². The molecule has 4 heterocycles. The van der Waals surface area contributed by atoms with Crippen LogP contribution >= 0.6 is 48.8 Å². The summed E-state index contributed by atoms with van der Waals surface area (Å²) in [6, 6.07) is 9.73. The molecule has 1 aromatic heterocycles. The van der Waals surface area contributed by atoms with Gasteiger partial charge in [0.25, 0.3) is 0 Å². The maximum Gasteiger partial charge on any atom is 0.573 e. The highest BCUT2D eigenvalue weighted by Gasteiger charge is 2.40. The van der Waals surface area contributed by atoms with Crippen molar-refractivity contribution in [2.45, 2.75) is 64.5 Å². The first-order chi connectivity index (χ1) is 26.2. The van der Waals surface area contributed by atoms with Crippen molar-refractivity contribution in [2.75, 3.05) is 58.2 Å². The monoisotopic (exact) mass is 896 g/mol. The number of halogens is 7. The molecule has 3 atom stereocenters. The lowest BCUT2D eigenvalue weighted by Gasteiger charge is -2.40. The first-order valence-electron chi connectivity index (χ1n) is 18.6. The summed E-state index contributed by atoms with van der Waals surface area (Å²) in [6.07, 6.45) is -2.91. The number of piperazine rings is 1. The van der Waals surface area contributed by atoms with Crippen LogP contribution in [-0.4, -0.2) is 114 Å². The maximum atomic E-state index is 13.7. The quantitative estimate of drug-likeness (QED) is 0.171. The van der Waals surface area contributed by atoms with Crippen LogP contribution in [0, 0.1) is 11.8 Å². The highest BCUT2D eigenvalue weighted by Crippen LogP contribution is 2.40. The third-order valence-electron chi connectivity index (χ3n) is 10.5. The van der Waals surface area contributed by atoms with Gasteiger partial charge in [0.15, 0.2) is 0 Å². The number of aromatic nitrogens is 2. The zero-order chi connectivity index (χ0) is 39.4. The lowest BCUT2D eigenvalue weighted by atomic mass is 10.0. The molecule has 0 radical (unpaired) electrons. The number of alkyl carbamates (subject to hydrolysis) is 1. The summed E-state index contributed by atoms with van der Waals surface area (Å²) in [5.74, 6) is -0.301. The Balaban J connectivity index is 0.00000300. The van der Waals surface area contributed by atoms with Crippen LogP contribution in [0.15, 0.2) is 42.5 Å². The van der Waals surface area contributed by atoms with Crippen LogP contribution in [0.5, 0.6) is 5.75 Å². The van der Waals surface area contributed by atoms with E-state index in [0.29, 0.717) is 54.7 Å². The zero-order valence-electron chi connectivity index (χ0n) is 32.6. The molecule has 3 fully saturated rings. The van der Waals surface area contributed by atoms with Gasteiger partial charge in [-0.2, -0.15) is 0 Å². The van der Waals surface area contributed by atoms with E-state index in [4.69, 9.17) is 21.3 Å². The number of benzene rings is 2. The van der Waals surface area contributed by atoms with Crippen molar-refractivity contribution >= 4 is 72.5 Å². The second-order valence-electron chi connectivity index (χ2n) is 14.8. The fraction of sp³-hybridized carbons (Fsp3) is 0.526. The van der Waals surface area contributed by atoms with Crippen molar-refractivity contribution in [1.82, 2.24) is 35.3 Å². The number of hydrogen-bond acceptors (Lipinski definition) is 8. The van der Waals surface area contributed by atoms with Crippen LogP contribution in [0.3, 0.4) is 0 Å². The third kappa shape index (κ3) is 11.7. The van der Waals surface area contributed by atoms with E-state index >= 15 is 0 Å². The number of piperidine rings is 1. The number of nitrogens with one attached hydrogen (secondary N) is 4. The molecular weight excluding hydrogens is 847 g/mol. The Morgan fingerprint density at radius 3 is 2.21 bits per heavy atom. The molecule has 322 valence electrons. The number of ether oxygens (including phenoxy) is 2. The van der Waals surface area contributed by atoms with Gasteiger partial charge in [0.1, 0.15) is 28.5 Å². The summed E-state index contributed by atoms with van der Waals surface area (Å²) >= 11 is 6.65. The standard InChI is InChI=1S/C38H48ClF3N8O5.3ClH/c1-22(2)31(46-37(53)54-4)35(51)50-21-23(3)19-29(50)34-45-32(33(39)47-34)25-7-5-24(6-8-25)28-10-9-26(20-30(28)55-38(40,41)42)44-36(52)49-17-15-48(16-18-49)27-11-13-43-14-12-27;;;/h5-10,20,22-23,27,29,31,43H,11-19,21H2,1-4H3,(H,44,52)(H,45,47)(H,46,53);3*1H/t23-,29-,31-;;;/m0.../s1. The molecule has 0 bridgehead atoms. The predicted molar refractivity (Wildman–Crippen MR) is 223 cm³/mol. The Morgan fingerprint density at radius 2 is 1.60 bits per heavy atom. The van der Waals surface area contributed by atoms with Gasteiger partial charge in [-0.3, -0.25) is 9.69 Å². The van der Waals surface area contributed by atoms with E-state index in [9.17, 15) is 27.6 Å². The van der Waals surface area contributed by atoms with E-state index in [2.05, 4.69) is 30.6 Å². The van der Waals surface area contributed by atoms with Crippen LogP contribution in [0.2, 0.25) is 5.15 Å². The van der Waals surface area contributed by atoms with Gasteiger partial charge in [-0.05, 0) is 61.9 Å². The molecule has 3 saturated heterocycles. The second kappa shape index (κ2) is 21.0. The second-order valence-corrected chi connectivity index (χ2v) is 15.1. The number of carbonyl (C=O) groups is 3. The van der Waals surface area contributed by atoms with Crippen molar-refractivity contribution in [1.29, 1.82) is 0 Å². The number of methoxy groups -OCH3 is 1. The minimum absolute atomic E-state index is 0. The Labute approximate surface area is 359 Å². The maximum absolute atomic E-state index is 13.7. The van der Waals surface area contributed by atoms with Gasteiger partial charge >= 0.3 is 18.5 Å². The molecule has 3 aliphatic rings. The summed E-state index contributed by atoms with van der Waals surface area (Å²) in [7, 11) is 1.24. The van der Waals surface area contributed by atoms with Crippen molar-refractivity contribution in [3.8, 4) is 28.1 Å². The Morgan fingerprint density at radius 1 is 0.966 bits per heavy atom. The summed E-state index contributed by atoms with van der Waals surface area (Å²) in [5.41, 5.74) is 1.78. The highest BCUT2D eigenvalue weighted by atomic mass is 35.5. The molecular formula is C38H51Cl4F3N8O5. The number of alkyl halides is 3. The SMILES string of the molecule is COC(=O)N[C@H](C(=O)N1C[C@@H](C)C[C@H]1c1nc(-c2ccc(-c3ccc(NC(=O)N4CCN(C5CCNCC5)CC4)cc3OC(F)(F)F)cc2)c(Cl)[nH]1)C(C)C.Cl.Cl.Cl. The number of likely N-dealkylation sites (tertiary alicyclic amines) is 1. The van der Waals surface area contributed by atoms with Gasteiger partial charge in [0.05, 0.1) is 13.2 Å². The number of H-pyrrole nitrogens is 1. The van der Waals surface area contributed by atoms with Gasteiger partial charge in [-0.1, -0.05) is 56.6 Å². The van der Waals surface area contributed by atoms with E-state index in [1.807, 2.05) is 20.8 Å². The number of hydrogen-bond donors (Lipinski definition) is 4. The van der Waals surface area contributed by atoms with Crippen LogP contribution < -0.4 is 20.7 Å². The molecule has 0 unspecified atom stereocenters. The molecule has 6 rings (SSSR count). The van der Waals surface area contributed by atoms with E-state index in [-0.39, 0.29) is 77.4 Å². The molecule has 4 amide bonds. The molecule has 20 heteroatoms. The van der Waals surface area contributed by atoms with Crippen molar-refractivity contribution in [3.63, 3.8) is 0 Å². The van der Waals surface area contributed by atoms with E-state index in [1.165, 1.54) is 19.2 Å². The lowest BCUT2D eigenvalue weighted by Crippen LogP contribution is -2.54. The van der Waals surface area contributed by atoms with Crippen LogP contribution in [0.1, 0.15) is 51.9 Å². The Bertz CT molecular complexity index is 1840. The number of rotatable bonds is 9. The van der Waals surface area contributed by atoms with Crippen molar-refractivity contribution < 1.29 is 37.0 Å². The summed E-state index contributed by atoms with van der Waals surface area (Å²) in [4.78, 5) is 52.5. The molecule has 2 aromatic carbocycles. The van der Waals surface area contributed by atoms with Gasteiger partial charge in [-0.15, -0.1) is 50.4 Å². The topological polar surface area (TPSA) is 144 Å². The molecule has 58 heavy (non-hydrogen) atoms. The van der Waals surface area contributed by atoms with Gasteiger partial charge in [-0.25, -0.2) is 14.6 Å². The molecule has 4 N–H and O–H groups in total. The van der Waals surface area contributed by atoms with E-state index in [0.717, 1.165) is 39.0 Å². The minimum atomic E-state index is -4.97. The minimum Gasteiger partial charge on any atom is -0.453 e. The van der Waals surface area contributed by atoms with Crippen molar-refractivity contribution in [2.24, 2.45) is 11.8 Å². The normalized spacial score (nSPS) is 19.3. The molecule has 0 saturated carbocycles. The molecule has 3 aliphatic heterocycles. The average Bonchev–Trinajstić information content (AvgIpc) is 3.75. The number of amides is 4. The van der Waals surface area contributed by atoms with Crippen LogP contribution in [0.4, 0.5) is 28.4 Å². The smallest absolute Gasteiger partial charge is 0.453 e. The van der Waals surface area contributed by atoms with Gasteiger partial charge < -0.3 is 40.2 Å². The van der Waals surface area contributed by atoms with E-state index in [1.54, 1.807) is 40.1 Å². The molecule has 0 aliphatic carbocycles. The van der Waals surface area contributed by atoms with Crippen molar-refractivity contribution in [3.05, 3.63) is 53.4 Å². The number of urea groups is 1. The largest absolute Gasteiger partial charge is 0.573 e. The van der Waals surface area contributed by atoms with Crippen LogP contribution in [-0.2, 0) is 9.53 Å². The summed E-state index contributed by atoms with van der Waals surface area (Å²) in [6.45, 7) is 10.7. The van der Waals surface area contributed by atoms with Gasteiger partial charge in [0.2, 0.25) is 5.91 Å². The zero-order valence-corrected chi connectivity index (χ0v) is 35.8. The third-order valence-corrected chi connectivity index (χ3v) is 10.8. The van der Waals surface area contributed by atoms with E-state index < -0.39 is 30.3 Å². The molecule has 3 aromatic rings. The Hall–Kier alpha value is -3.67. The number of anilines is 1. The summed E-state index contributed by atoms with van der Waals surface area (Å²) < 4.78 is 50.1. The first-order valence-corrected chi connectivity index (χ1v) is 19.0. The number of aromatic amines is 1. The fourth-order valence-corrected chi connectivity index (χ4v) is 7.91. The average molecular weight is 899 g/mol. The highest BCUT2D eigenvalue weighted by molar-refractivity contribution is 6.31. The number of imidazole rings is 1. The number of nitrogens with zero attached hydrogens (tertiary/aromatic N) is 4. The lowest BCUT2D eigenvalue weighted by molar-refractivity contribution is -0.274. The Kier molecular flexibility index (Phi) is 17.7. The fourth-order valence-electron chi connectivity index (χ4n) is 7.66. The number of carbonyl (C=O) groups excluding carboxylic acids is 3. The molecule has 13 nitrogen and oxygen atoms in total.